The van der Waals surface area contributed by atoms with Gasteiger partial charge in [-0.1, -0.05) is 0 Å². The van der Waals surface area contributed by atoms with E-state index in [1.54, 1.807) is 0 Å². The number of hydrogen-bond donors (Lipinski definition) is 2. The van der Waals surface area contributed by atoms with Crippen LogP contribution in [0.3, 0.4) is 0 Å². The van der Waals surface area contributed by atoms with E-state index in [4.69, 9.17) is 28.6 Å². The number of halogens is 1. The first-order valence-electron chi connectivity index (χ1n) is 10.8. The molecule has 2 N–H and O–H groups in total. The van der Waals surface area contributed by atoms with Crippen molar-refractivity contribution >= 4 is 35.4 Å². The number of hydrogen-bond acceptors (Lipinski definition) is 5. The largest absolute Gasteiger partial charge is 0.388 e. The number of rotatable bonds is 4. The number of amides is 1. The molecule has 2 aliphatic carbocycles. The van der Waals surface area contributed by atoms with Gasteiger partial charge in [-0.25, -0.2) is 4.99 Å². The Morgan fingerprint density at radius 3 is 2.38 bits per heavy atom. The lowest BCUT2D eigenvalue weighted by molar-refractivity contribution is -0.222. The van der Waals surface area contributed by atoms with Gasteiger partial charge < -0.3 is 15.2 Å². The quantitative estimate of drug-likeness (QED) is 0.297. The van der Waals surface area contributed by atoms with Crippen LogP contribution in [0.1, 0.15) is 73.1 Å². The standard InChI is InChI=1S/C22H35ClN2O3S/c1-19(2)16(23)8-11-22(5,28-19)15-6-9-20(3,25-13-29)14-7-10-21(4,27)18(17(14)15)24-12-26/h12,14-18,27H,6-11H2,1-5H3,(H,24,26). The summed E-state index contributed by atoms with van der Waals surface area (Å²) in [5.74, 6) is 0.391. The van der Waals surface area contributed by atoms with Gasteiger partial charge in [0.2, 0.25) is 6.41 Å². The molecule has 0 bridgehead atoms. The van der Waals surface area contributed by atoms with Crippen molar-refractivity contribution < 1.29 is 14.6 Å². The van der Waals surface area contributed by atoms with Crippen molar-refractivity contribution in [3.63, 3.8) is 0 Å². The molecule has 1 heterocycles. The highest BCUT2D eigenvalue weighted by Crippen LogP contribution is 2.57. The van der Waals surface area contributed by atoms with E-state index >= 15 is 0 Å². The van der Waals surface area contributed by atoms with E-state index in [1.165, 1.54) is 0 Å². The van der Waals surface area contributed by atoms with Crippen LogP contribution < -0.4 is 5.32 Å². The van der Waals surface area contributed by atoms with E-state index in [2.05, 4.69) is 43.2 Å². The molecular weight excluding hydrogens is 408 g/mol. The van der Waals surface area contributed by atoms with Gasteiger partial charge in [-0.3, -0.25) is 4.79 Å². The summed E-state index contributed by atoms with van der Waals surface area (Å²) in [5, 5.41) is 16.7. The Morgan fingerprint density at radius 1 is 1.14 bits per heavy atom. The Labute approximate surface area is 185 Å². The van der Waals surface area contributed by atoms with E-state index in [9.17, 15) is 9.90 Å². The monoisotopic (exact) mass is 442 g/mol. The molecular formula is C22H35ClN2O3S. The second-order valence-corrected chi connectivity index (χ2v) is 11.3. The van der Waals surface area contributed by atoms with Gasteiger partial charge in [0.1, 0.15) is 0 Å². The highest BCUT2D eigenvalue weighted by Gasteiger charge is 2.61. The lowest BCUT2D eigenvalue weighted by Gasteiger charge is -2.61. The zero-order valence-electron chi connectivity index (χ0n) is 18.2. The van der Waals surface area contributed by atoms with E-state index in [1.807, 2.05) is 6.92 Å². The number of aliphatic hydroxyl groups is 1. The van der Waals surface area contributed by atoms with Gasteiger partial charge in [0.15, 0.2) is 0 Å². The minimum atomic E-state index is -0.977. The third-order valence-corrected chi connectivity index (χ3v) is 9.02. The number of carbonyl (C=O) groups is 1. The Hall–Kier alpha value is -0.520. The molecule has 7 heteroatoms. The third-order valence-electron chi connectivity index (χ3n) is 8.18. The number of isothiocyanates is 1. The number of fused-ring (bicyclic) bond motifs is 1. The fourth-order valence-corrected chi connectivity index (χ4v) is 6.93. The normalized spacial score (nSPS) is 49.4. The van der Waals surface area contributed by atoms with Gasteiger partial charge >= 0.3 is 0 Å². The number of ether oxygens (including phenoxy) is 1. The summed E-state index contributed by atoms with van der Waals surface area (Å²) in [5.41, 5.74) is -2.12. The predicted octanol–water partition coefficient (Wildman–Crippen LogP) is 4.10. The molecule has 3 rings (SSSR count). The molecule has 1 aliphatic heterocycles. The van der Waals surface area contributed by atoms with E-state index in [0.29, 0.717) is 6.42 Å². The molecule has 8 unspecified atom stereocenters. The smallest absolute Gasteiger partial charge is 0.207 e. The number of alkyl halides is 1. The van der Waals surface area contributed by atoms with Crippen molar-refractivity contribution in [1.82, 2.24) is 5.32 Å². The lowest BCUT2D eigenvalue weighted by Crippen LogP contribution is -2.68. The maximum absolute atomic E-state index is 11.5. The van der Waals surface area contributed by atoms with Crippen LogP contribution in [0.4, 0.5) is 0 Å². The first-order chi connectivity index (χ1) is 13.4. The molecule has 8 atom stereocenters. The van der Waals surface area contributed by atoms with Crippen LogP contribution in [-0.4, -0.2) is 50.4 Å². The fourth-order valence-electron chi connectivity index (χ4n) is 6.56. The highest BCUT2D eigenvalue weighted by molar-refractivity contribution is 7.78. The van der Waals surface area contributed by atoms with Gasteiger partial charge in [-0.05, 0) is 103 Å². The van der Waals surface area contributed by atoms with Gasteiger partial charge in [0.05, 0.1) is 38.9 Å². The van der Waals surface area contributed by atoms with Crippen molar-refractivity contribution in [3.05, 3.63) is 0 Å². The summed E-state index contributed by atoms with van der Waals surface area (Å²) in [6, 6.07) is -0.360. The lowest BCUT2D eigenvalue weighted by atomic mass is 9.51. The van der Waals surface area contributed by atoms with Crippen molar-refractivity contribution in [3.8, 4) is 0 Å². The average molecular weight is 443 g/mol. The van der Waals surface area contributed by atoms with Gasteiger partial charge in [0, 0.05) is 0 Å². The van der Waals surface area contributed by atoms with Crippen LogP contribution >= 0.6 is 23.8 Å². The maximum atomic E-state index is 11.5. The van der Waals surface area contributed by atoms with Crippen LogP contribution in [0.25, 0.3) is 0 Å². The van der Waals surface area contributed by atoms with Crippen LogP contribution in [0.2, 0.25) is 0 Å². The van der Waals surface area contributed by atoms with Gasteiger partial charge in [0.25, 0.3) is 0 Å². The molecule has 164 valence electrons. The van der Waals surface area contributed by atoms with E-state index in [0.717, 1.165) is 38.5 Å². The molecule has 3 aliphatic rings. The third kappa shape index (κ3) is 4.04. The zero-order valence-corrected chi connectivity index (χ0v) is 19.8. The number of aliphatic imine (C=N–C) groups is 1. The number of nitrogens with zero attached hydrogens (tertiary/aromatic N) is 1. The molecule has 0 radical (unpaired) electrons. The molecule has 2 saturated carbocycles. The molecule has 0 spiro atoms. The first-order valence-corrected chi connectivity index (χ1v) is 11.6. The Kier molecular flexibility index (Phi) is 6.28. The van der Waals surface area contributed by atoms with Gasteiger partial charge in [-0.2, -0.15) is 0 Å². The summed E-state index contributed by atoms with van der Waals surface area (Å²) in [7, 11) is 0. The first kappa shape index (κ1) is 23.1. The van der Waals surface area contributed by atoms with Crippen molar-refractivity contribution in [2.75, 3.05) is 0 Å². The van der Waals surface area contributed by atoms with Crippen LogP contribution in [0.15, 0.2) is 4.99 Å². The molecule has 3 fully saturated rings. The molecule has 0 aromatic heterocycles. The second-order valence-electron chi connectivity index (χ2n) is 10.6. The number of nitrogens with one attached hydrogen (secondary N) is 1. The van der Waals surface area contributed by atoms with Crippen molar-refractivity contribution in [2.45, 2.75) is 107 Å². The summed E-state index contributed by atoms with van der Waals surface area (Å²) in [4.78, 5) is 16.1. The topological polar surface area (TPSA) is 70.9 Å². The second kappa shape index (κ2) is 7.87. The fraction of sp³-hybridized carbons (Fsp3) is 0.909. The molecule has 5 nitrogen and oxygen atoms in total. The summed E-state index contributed by atoms with van der Waals surface area (Å²) in [6.07, 6.45) is 5.70. The molecule has 0 aromatic carbocycles. The highest BCUT2D eigenvalue weighted by atomic mass is 35.5. The van der Waals surface area contributed by atoms with Crippen molar-refractivity contribution in [2.24, 2.45) is 22.7 Å². The van der Waals surface area contributed by atoms with Gasteiger partial charge in [-0.15, -0.1) is 11.6 Å². The molecule has 1 amide bonds. The minimum Gasteiger partial charge on any atom is -0.388 e. The Balaban J connectivity index is 2.05. The van der Waals surface area contributed by atoms with E-state index < -0.39 is 11.2 Å². The van der Waals surface area contributed by atoms with Crippen LogP contribution in [-0.2, 0) is 9.53 Å². The SMILES string of the molecule is CC1(O)CCC2C(C1NC=O)C(C1(C)CCC(Cl)C(C)(C)O1)CCC2(C)N=C=S. The molecule has 1 saturated heterocycles. The number of thiocarbonyl (C=S) groups is 1. The minimum absolute atomic E-state index is 0.0296. The molecule has 0 aromatic rings. The Morgan fingerprint density at radius 2 is 1.79 bits per heavy atom. The summed E-state index contributed by atoms with van der Waals surface area (Å²) in [6.45, 7) is 10.3. The Bertz CT molecular complexity index is 696. The zero-order chi connectivity index (χ0) is 21.7. The predicted molar refractivity (Wildman–Crippen MR) is 118 cm³/mol. The summed E-state index contributed by atoms with van der Waals surface area (Å²) >= 11 is 11.5. The van der Waals surface area contributed by atoms with Crippen LogP contribution in [0.5, 0.6) is 0 Å². The van der Waals surface area contributed by atoms with E-state index in [-0.39, 0.29) is 40.3 Å². The maximum Gasteiger partial charge on any atom is 0.207 e. The van der Waals surface area contributed by atoms with Crippen LogP contribution in [0, 0.1) is 17.8 Å². The summed E-state index contributed by atoms with van der Waals surface area (Å²) < 4.78 is 6.69. The van der Waals surface area contributed by atoms with Crippen molar-refractivity contribution in [1.29, 1.82) is 0 Å². The average Bonchev–Trinajstić information content (AvgIpc) is 2.61. The number of carbonyl (C=O) groups excluding carboxylic acids is 1. The molecule has 29 heavy (non-hydrogen) atoms.